The van der Waals surface area contributed by atoms with Crippen molar-refractivity contribution < 1.29 is 23.7 Å². The first-order valence-corrected chi connectivity index (χ1v) is 14.5. The van der Waals surface area contributed by atoms with Crippen LogP contribution in [0.15, 0.2) is 76.6 Å². The number of hydrogen-bond donors (Lipinski definition) is 0. The largest absolute Gasteiger partial charge is 0.493 e. The lowest BCUT2D eigenvalue weighted by atomic mass is 9.85. The van der Waals surface area contributed by atoms with Crippen LogP contribution in [0.1, 0.15) is 43.7 Å². The number of nitrogens with zero attached hydrogens (tertiary/aromatic N) is 2. The Kier molecular flexibility index (Phi) is 7.68. The number of hydrogen-bond acceptors (Lipinski definition) is 7. The molecule has 2 heterocycles. The maximum Gasteiger partial charge on any atom is 0.267 e. The van der Waals surface area contributed by atoms with E-state index in [0.29, 0.717) is 28.9 Å². The summed E-state index contributed by atoms with van der Waals surface area (Å²) in [5.41, 5.74) is 2.67. The average molecular weight is 557 g/mol. The van der Waals surface area contributed by atoms with Crippen LogP contribution in [0, 0.1) is 5.92 Å². The summed E-state index contributed by atoms with van der Waals surface area (Å²) >= 11 is 1.44. The molecule has 2 fully saturated rings. The Hall–Kier alpha value is -3.91. The molecule has 2 atom stereocenters. The number of fused-ring (bicyclic) bond motifs is 1. The van der Waals surface area contributed by atoms with Gasteiger partial charge in [0.05, 0.1) is 17.7 Å². The Labute approximate surface area is 238 Å². The van der Waals surface area contributed by atoms with Gasteiger partial charge in [-0.1, -0.05) is 50.1 Å². The molecular weight excluding hydrogens is 524 g/mol. The highest BCUT2D eigenvalue weighted by molar-refractivity contribution is 8.18. The fraction of sp³-hybridized carbons (Fsp3) is 0.312. The predicted molar refractivity (Wildman–Crippen MR) is 157 cm³/mol. The zero-order chi connectivity index (χ0) is 27.5. The highest BCUT2D eigenvalue weighted by atomic mass is 32.2. The van der Waals surface area contributed by atoms with Gasteiger partial charge in [-0.25, -0.2) is 4.99 Å². The van der Waals surface area contributed by atoms with Crippen molar-refractivity contribution in [1.29, 1.82) is 0 Å². The topological polar surface area (TPSA) is 69.6 Å². The van der Waals surface area contributed by atoms with Crippen LogP contribution in [0.4, 0.5) is 5.69 Å². The van der Waals surface area contributed by atoms with E-state index in [-0.39, 0.29) is 18.7 Å². The van der Waals surface area contributed by atoms with E-state index in [2.05, 4.69) is 6.92 Å². The molecule has 3 aromatic carbocycles. The first kappa shape index (κ1) is 26.3. The number of amidine groups is 1. The van der Waals surface area contributed by atoms with E-state index in [0.717, 1.165) is 52.7 Å². The van der Waals surface area contributed by atoms with Crippen molar-refractivity contribution in [3.63, 3.8) is 0 Å². The van der Waals surface area contributed by atoms with E-state index < -0.39 is 0 Å². The van der Waals surface area contributed by atoms with Crippen molar-refractivity contribution in [2.24, 2.45) is 10.9 Å². The predicted octanol–water partition coefficient (Wildman–Crippen LogP) is 7.19. The number of carbonyl (C=O) groups excluding carboxylic acids is 1. The smallest absolute Gasteiger partial charge is 0.267 e. The zero-order valence-electron chi connectivity index (χ0n) is 22.7. The molecule has 1 amide bonds. The van der Waals surface area contributed by atoms with Gasteiger partial charge in [-0.05, 0) is 84.1 Å². The van der Waals surface area contributed by atoms with Crippen LogP contribution in [0.3, 0.4) is 0 Å². The van der Waals surface area contributed by atoms with Crippen molar-refractivity contribution in [3.05, 3.63) is 82.8 Å². The van der Waals surface area contributed by atoms with Gasteiger partial charge in [0.25, 0.3) is 5.91 Å². The number of para-hydroxylation sites is 1. The highest BCUT2D eigenvalue weighted by Gasteiger charge is 2.41. The second kappa shape index (κ2) is 11.7. The summed E-state index contributed by atoms with van der Waals surface area (Å²) < 4.78 is 22.6. The van der Waals surface area contributed by atoms with Gasteiger partial charge in [0.1, 0.15) is 6.61 Å². The minimum absolute atomic E-state index is 0.0144. The van der Waals surface area contributed by atoms with Crippen LogP contribution in [0.25, 0.3) is 6.08 Å². The number of benzene rings is 3. The molecule has 2 aliphatic heterocycles. The van der Waals surface area contributed by atoms with E-state index in [1.807, 2.05) is 77.7 Å². The fourth-order valence-corrected chi connectivity index (χ4v) is 6.43. The van der Waals surface area contributed by atoms with E-state index in [9.17, 15) is 4.79 Å². The molecule has 0 spiro atoms. The van der Waals surface area contributed by atoms with Crippen LogP contribution in [-0.2, 0) is 11.4 Å². The fourth-order valence-electron chi connectivity index (χ4n) is 5.39. The molecule has 6 rings (SSSR count). The maximum absolute atomic E-state index is 13.8. The van der Waals surface area contributed by atoms with Gasteiger partial charge in [0.15, 0.2) is 28.2 Å². The summed E-state index contributed by atoms with van der Waals surface area (Å²) in [6.45, 7) is 2.84. The first-order valence-electron chi connectivity index (χ1n) is 13.7. The minimum atomic E-state index is 0.0144. The molecular formula is C32H32N2O5S. The van der Waals surface area contributed by atoms with Crippen molar-refractivity contribution in [1.82, 2.24) is 4.90 Å². The summed E-state index contributed by atoms with van der Waals surface area (Å²) in [6.07, 6.45) is 6.39. The number of thioether (sulfide) groups is 1. The van der Waals surface area contributed by atoms with Crippen LogP contribution < -0.4 is 18.9 Å². The minimum Gasteiger partial charge on any atom is -0.493 e. The number of carbonyl (C=O) groups is 1. The van der Waals surface area contributed by atoms with E-state index in [1.165, 1.54) is 18.2 Å². The third kappa shape index (κ3) is 5.54. The van der Waals surface area contributed by atoms with Crippen molar-refractivity contribution in [2.45, 2.75) is 45.3 Å². The lowest BCUT2D eigenvalue weighted by Gasteiger charge is -2.35. The Bertz CT molecular complexity index is 1450. The first-order chi connectivity index (χ1) is 19.6. The summed E-state index contributed by atoms with van der Waals surface area (Å²) in [7, 11) is 1.62. The van der Waals surface area contributed by atoms with Crippen LogP contribution >= 0.6 is 11.8 Å². The second-order valence-electron chi connectivity index (χ2n) is 10.2. The van der Waals surface area contributed by atoms with Crippen molar-refractivity contribution >= 4 is 34.6 Å². The number of ether oxygens (including phenoxy) is 4. The summed E-state index contributed by atoms with van der Waals surface area (Å²) in [6, 6.07) is 21.5. The van der Waals surface area contributed by atoms with Crippen molar-refractivity contribution in [3.8, 4) is 23.0 Å². The van der Waals surface area contributed by atoms with Gasteiger partial charge in [-0.2, -0.15) is 0 Å². The monoisotopic (exact) mass is 556 g/mol. The van der Waals surface area contributed by atoms with E-state index in [4.69, 9.17) is 23.9 Å². The normalized spacial score (nSPS) is 22.2. The van der Waals surface area contributed by atoms with Gasteiger partial charge < -0.3 is 18.9 Å². The lowest BCUT2D eigenvalue weighted by molar-refractivity contribution is -0.124. The van der Waals surface area contributed by atoms with Gasteiger partial charge in [-0.3, -0.25) is 9.69 Å². The van der Waals surface area contributed by atoms with Crippen LogP contribution in [0.2, 0.25) is 0 Å². The van der Waals surface area contributed by atoms with Gasteiger partial charge in [-0.15, -0.1) is 0 Å². The summed E-state index contributed by atoms with van der Waals surface area (Å²) in [4.78, 5) is 21.3. The molecule has 1 saturated heterocycles. The second-order valence-corrected chi connectivity index (χ2v) is 11.2. The highest BCUT2D eigenvalue weighted by Crippen LogP contribution is 2.41. The Morgan fingerprint density at radius 2 is 1.82 bits per heavy atom. The molecule has 1 aliphatic carbocycles. The molecule has 0 unspecified atom stereocenters. The summed E-state index contributed by atoms with van der Waals surface area (Å²) in [5.74, 6) is 3.13. The molecule has 0 N–H and O–H groups in total. The molecule has 206 valence electrons. The molecule has 3 aliphatic rings. The average Bonchev–Trinajstić information content (AvgIpc) is 3.56. The summed E-state index contributed by atoms with van der Waals surface area (Å²) in [5, 5.41) is 0.747. The van der Waals surface area contributed by atoms with Gasteiger partial charge in [0, 0.05) is 6.04 Å². The zero-order valence-corrected chi connectivity index (χ0v) is 23.5. The quantitative estimate of drug-likeness (QED) is 0.287. The standard InChI is InChI=1S/C32H32N2O5S/c1-21-8-6-7-11-25(21)34-31(35)30(40-32(34)33-24-9-4-3-5-10-24)18-22-12-14-26(28(16-22)36-2)37-19-23-13-15-27-29(17-23)39-20-38-27/h3-5,9-10,12-18,21,25H,6-8,11,19-20H2,1-2H3/b30-18-,33-32?/t21-,25+/m0/s1. The number of aliphatic imine (C=N–C) groups is 1. The molecule has 40 heavy (non-hydrogen) atoms. The van der Waals surface area contributed by atoms with Crippen LogP contribution in [0.5, 0.6) is 23.0 Å². The molecule has 7 nitrogen and oxygen atoms in total. The Morgan fingerprint density at radius 3 is 2.65 bits per heavy atom. The van der Waals surface area contributed by atoms with Crippen LogP contribution in [-0.4, -0.2) is 35.9 Å². The SMILES string of the molecule is COc1cc(/C=C2\SC(=Nc3ccccc3)N([C@@H]3CCCC[C@@H]3C)C2=O)ccc1OCc1ccc2c(c1)OCO2. The van der Waals surface area contributed by atoms with Gasteiger partial charge in [0.2, 0.25) is 6.79 Å². The molecule has 3 aromatic rings. The Balaban J connectivity index is 1.24. The third-order valence-electron chi connectivity index (χ3n) is 7.53. The maximum atomic E-state index is 13.8. The van der Waals surface area contributed by atoms with E-state index in [1.54, 1.807) is 7.11 Å². The van der Waals surface area contributed by atoms with Gasteiger partial charge >= 0.3 is 0 Å². The third-order valence-corrected chi connectivity index (χ3v) is 8.52. The number of methoxy groups -OCH3 is 1. The Morgan fingerprint density at radius 1 is 1.00 bits per heavy atom. The molecule has 0 aromatic heterocycles. The molecule has 8 heteroatoms. The van der Waals surface area contributed by atoms with Crippen molar-refractivity contribution in [2.75, 3.05) is 13.9 Å². The lowest BCUT2D eigenvalue weighted by Crippen LogP contribution is -2.44. The molecule has 0 radical (unpaired) electrons. The number of rotatable bonds is 7. The number of amides is 1. The van der Waals surface area contributed by atoms with E-state index >= 15 is 0 Å². The molecule has 1 saturated carbocycles. The molecule has 0 bridgehead atoms.